The second-order valence-electron chi connectivity index (χ2n) is 6.01. The monoisotopic (exact) mass is 269 g/mol. The average Bonchev–Trinajstić information content (AvgIpc) is 2.35. The fraction of sp³-hybridized carbons (Fsp3) is 0.933. The standard InChI is InChI=1S/C15H27NO3/c1-2-19-11-10-15(8-5-9-15)14(18)16-12-6-3-4-7-13(12)17/h12-13,17H,2-11H2,1H3,(H,16,18). The molecule has 0 spiro atoms. The van der Waals surface area contributed by atoms with Gasteiger partial charge in [-0.3, -0.25) is 4.79 Å². The largest absolute Gasteiger partial charge is 0.391 e. The Kier molecular flexibility index (Phi) is 5.22. The van der Waals surface area contributed by atoms with Crippen molar-refractivity contribution >= 4 is 5.91 Å². The third-order valence-corrected chi connectivity index (χ3v) is 4.77. The molecular formula is C15H27NO3. The van der Waals surface area contributed by atoms with Crippen LogP contribution in [0.15, 0.2) is 0 Å². The van der Waals surface area contributed by atoms with E-state index in [1.54, 1.807) is 0 Å². The molecule has 0 heterocycles. The predicted octanol–water partition coefficient (Wildman–Crippen LogP) is 2.00. The Morgan fingerprint density at radius 2 is 2.05 bits per heavy atom. The maximum Gasteiger partial charge on any atom is 0.226 e. The van der Waals surface area contributed by atoms with Gasteiger partial charge in [0.05, 0.1) is 17.6 Å². The van der Waals surface area contributed by atoms with Crippen molar-refractivity contribution in [3.63, 3.8) is 0 Å². The first-order chi connectivity index (χ1) is 9.18. The SMILES string of the molecule is CCOCCC1(C(=O)NC2CCCCC2O)CCC1. The summed E-state index contributed by atoms with van der Waals surface area (Å²) in [6, 6.07) is -0.0363. The fourth-order valence-electron chi connectivity index (χ4n) is 3.21. The van der Waals surface area contributed by atoms with Crippen molar-refractivity contribution in [1.29, 1.82) is 0 Å². The zero-order valence-corrected chi connectivity index (χ0v) is 12.0. The highest BCUT2D eigenvalue weighted by molar-refractivity contribution is 5.83. The highest BCUT2D eigenvalue weighted by Gasteiger charge is 2.44. The lowest BCUT2D eigenvalue weighted by Crippen LogP contribution is -2.53. The smallest absolute Gasteiger partial charge is 0.226 e. The van der Waals surface area contributed by atoms with Gasteiger partial charge in [0.25, 0.3) is 0 Å². The van der Waals surface area contributed by atoms with E-state index in [-0.39, 0.29) is 23.5 Å². The van der Waals surface area contributed by atoms with Crippen LogP contribution in [-0.2, 0) is 9.53 Å². The topological polar surface area (TPSA) is 58.6 Å². The summed E-state index contributed by atoms with van der Waals surface area (Å²) >= 11 is 0. The van der Waals surface area contributed by atoms with Crippen LogP contribution in [0, 0.1) is 5.41 Å². The molecule has 4 heteroatoms. The van der Waals surface area contributed by atoms with Gasteiger partial charge >= 0.3 is 0 Å². The highest BCUT2D eigenvalue weighted by atomic mass is 16.5. The number of carbonyl (C=O) groups is 1. The van der Waals surface area contributed by atoms with Gasteiger partial charge in [0.15, 0.2) is 0 Å². The molecule has 2 N–H and O–H groups in total. The Bertz CT molecular complexity index is 302. The van der Waals surface area contributed by atoms with Crippen LogP contribution in [0.3, 0.4) is 0 Å². The number of amides is 1. The number of hydrogen-bond donors (Lipinski definition) is 2. The van der Waals surface area contributed by atoms with Crippen molar-refractivity contribution in [2.24, 2.45) is 5.41 Å². The fourth-order valence-corrected chi connectivity index (χ4v) is 3.21. The van der Waals surface area contributed by atoms with Crippen molar-refractivity contribution in [2.45, 2.75) is 70.4 Å². The molecule has 2 aliphatic carbocycles. The van der Waals surface area contributed by atoms with E-state index < -0.39 is 0 Å². The van der Waals surface area contributed by atoms with Crippen molar-refractivity contribution in [3.8, 4) is 0 Å². The average molecular weight is 269 g/mol. The van der Waals surface area contributed by atoms with Crippen molar-refractivity contribution in [2.75, 3.05) is 13.2 Å². The van der Waals surface area contributed by atoms with Crippen LogP contribution in [0.25, 0.3) is 0 Å². The molecule has 19 heavy (non-hydrogen) atoms. The number of nitrogens with one attached hydrogen (secondary N) is 1. The molecule has 0 aromatic heterocycles. The molecule has 4 nitrogen and oxygen atoms in total. The molecule has 0 aromatic carbocycles. The molecular weight excluding hydrogens is 242 g/mol. The lowest BCUT2D eigenvalue weighted by Gasteiger charge is -2.42. The molecule has 2 rings (SSSR count). The molecule has 0 aromatic rings. The minimum Gasteiger partial charge on any atom is -0.391 e. The third-order valence-electron chi connectivity index (χ3n) is 4.77. The van der Waals surface area contributed by atoms with Gasteiger partial charge in [-0.15, -0.1) is 0 Å². The molecule has 2 fully saturated rings. The summed E-state index contributed by atoms with van der Waals surface area (Å²) in [6.45, 7) is 3.35. The molecule has 0 saturated heterocycles. The molecule has 2 unspecified atom stereocenters. The Morgan fingerprint density at radius 1 is 1.32 bits per heavy atom. The van der Waals surface area contributed by atoms with E-state index in [9.17, 15) is 9.90 Å². The summed E-state index contributed by atoms with van der Waals surface area (Å²) in [6.07, 6.45) is 7.43. The number of hydrogen-bond acceptors (Lipinski definition) is 3. The maximum atomic E-state index is 12.5. The minimum absolute atomic E-state index is 0.0363. The number of rotatable bonds is 6. The van der Waals surface area contributed by atoms with Gasteiger partial charge in [-0.1, -0.05) is 19.3 Å². The van der Waals surface area contributed by atoms with E-state index in [1.165, 1.54) is 0 Å². The predicted molar refractivity (Wildman–Crippen MR) is 73.8 cm³/mol. The first kappa shape index (κ1) is 14.8. The van der Waals surface area contributed by atoms with Gasteiger partial charge in [-0.05, 0) is 39.0 Å². The molecule has 0 aliphatic heterocycles. The zero-order valence-electron chi connectivity index (χ0n) is 12.0. The third kappa shape index (κ3) is 3.48. The van der Waals surface area contributed by atoms with Gasteiger partial charge in [-0.25, -0.2) is 0 Å². The summed E-state index contributed by atoms with van der Waals surface area (Å²) in [5, 5.41) is 13.0. The lowest BCUT2D eigenvalue weighted by atomic mass is 9.66. The van der Waals surface area contributed by atoms with Crippen LogP contribution in [0.2, 0.25) is 0 Å². The number of ether oxygens (including phenoxy) is 1. The summed E-state index contributed by atoms with van der Waals surface area (Å²) in [7, 11) is 0. The van der Waals surface area contributed by atoms with Crippen LogP contribution in [0.5, 0.6) is 0 Å². The van der Waals surface area contributed by atoms with E-state index in [0.717, 1.165) is 51.4 Å². The Balaban J connectivity index is 1.85. The molecule has 2 saturated carbocycles. The number of carbonyl (C=O) groups excluding carboxylic acids is 1. The second kappa shape index (κ2) is 6.71. The van der Waals surface area contributed by atoms with Crippen molar-refractivity contribution in [1.82, 2.24) is 5.32 Å². The van der Waals surface area contributed by atoms with E-state index in [4.69, 9.17) is 4.74 Å². The Labute approximate surface area is 115 Å². The van der Waals surface area contributed by atoms with Gasteiger partial charge < -0.3 is 15.2 Å². The zero-order chi connectivity index (χ0) is 13.7. The second-order valence-corrected chi connectivity index (χ2v) is 6.01. The van der Waals surface area contributed by atoms with Crippen LogP contribution < -0.4 is 5.32 Å². The minimum atomic E-state index is -0.360. The van der Waals surface area contributed by atoms with Crippen LogP contribution in [0.1, 0.15) is 58.3 Å². The van der Waals surface area contributed by atoms with E-state index in [2.05, 4.69) is 5.32 Å². The summed E-state index contributed by atoms with van der Waals surface area (Å²) in [5.41, 5.74) is -0.216. The Hall–Kier alpha value is -0.610. The normalized spacial score (nSPS) is 29.6. The molecule has 0 radical (unpaired) electrons. The first-order valence-corrected chi connectivity index (χ1v) is 7.75. The van der Waals surface area contributed by atoms with Gasteiger partial charge in [0.1, 0.15) is 0 Å². The molecule has 2 atom stereocenters. The quantitative estimate of drug-likeness (QED) is 0.725. The van der Waals surface area contributed by atoms with Gasteiger partial charge in [0.2, 0.25) is 5.91 Å². The van der Waals surface area contributed by atoms with Crippen LogP contribution in [0.4, 0.5) is 0 Å². The van der Waals surface area contributed by atoms with E-state index >= 15 is 0 Å². The number of aliphatic hydroxyl groups is 1. The summed E-state index contributed by atoms with van der Waals surface area (Å²) < 4.78 is 5.40. The first-order valence-electron chi connectivity index (χ1n) is 7.75. The van der Waals surface area contributed by atoms with Crippen molar-refractivity contribution in [3.05, 3.63) is 0 Å². The lowest BCUT2D eigenvalue weighted by molar-refractivity contribution is -0.139. The van der Waals surface area contributed by atoms with E-state index in [1.807, 2.05) is 6.92 Å². The summed E-state index contributed by atoms with van der Waals surface area (Å²) in [5.74, 6) is 0.143. The van der Waals surface area contributed by atoms with Gasteiger partial charge in [0, 0.05) is 13.2 Å². The summed E-state index contributed by atoms with van der Waals surface area (Å²) in [4.78, 5) is 12.5. The van der Waals surface area contributed by atoms with Gasteiger partial charge in [-0.2, -0.15) is 0 Å². The van der Waals surface area contributed by atoms with Crippen molar-refractivity contribution < 1.29 is 14.6 Å². The maximum absolute atomic E-state index is 12.5. The number of aliphatic hydroxyl groups excluding tert-OH is 1. The molecule has 2 aliphatic rings. The van der Waals surface area contributed by atoms with E-state index in [0.29, 0.717) is 13.2 Å². The molecule has 1 amide bonds. The van der Waals surface area contributed by atoms with Crippen LogP contribution in [-0.4, -0.2) is 36.4 Å². The Morgan fingerprint density at radius 3 is 2.63 bits per heavy atom. The molecule has 110 valence electrons. The highest BCUT2D eigenvalue weighted by Crippen LogP contribution is 2.44. The molecule has 0 bridgehead atoms. The van der Waals surface area contributed by atoms with Crippen LogP contribution >= 0.6 is 0 Å².